The van der Waals surface area contributed by atoms with Crippen molar-refractivity contribution in [2.45, 2.75) is 54.9 Å². The van der Waals surface area contributed by atoms with E-state index in [1.807, 2.05) is 17.1 Å². The predicted octanol–water partition coefficient (Wildman–Crippen LogP) is 7.58. The summed E-state index contributed by atoms with van der Waals surface area (Å²) in [5.41, 5.74) is 1.67. The summed E-state index contributed by atoms with van der Waals surface area (Å²) in [7, 11) is -1.55. The Morgan fingerprint density at radius 2 is 1.97 bits per heavy atom. The third kappa shape index (κ3) is 5.80. The van der Waals surface area contributed by atoms with Gasteiger partial charge in [-0.1, -0.05) is 43.0 Å². The molecular formula is C29H31ClF2N2O2S2. The standard InChI is InChI=1S/C29H31ClF2N2O2S2/c1-37-29(35)23-13-19(11-12-25(23)32)22-15-28-27(16-24(22)30)34(21-10-6-5-9-20(31)14-21)17-26(33-38(28)36)18-7-3-2-4-8-18/h6,9-16,18,26,29,33,35H,2-5,7-8,17H2,1H3. The van der Waals surface area contributed by atoms with Crippen LogP contribution in [0.5, 0.6) is 0 Å². The Balaban J connectivity index is 1.62. The fraction of sp³-hybridized carbons (Fsp3) is 0.379. The number of halogens is 3. The summed E-state index contributed by atoms with van der Waals surface area (Å²) in [5.74, 6) is -0.453. The normalized spacial score (nSPS) is 23.2. The average Bonchev–Trinajstić information content (AvgIpc) is 3.22. The fourth-order valence-electron chi connectivity index (χ4n) is 5.50. The first-order chi connectivity index (χ1) is 18.4. The Morgan fingerprint density at radius 1 is 1.18 bits per heavy atom. The van der Waals surface area contributed by atoms with Crippen molar-refractivity contribution in [2.75, 3.05) is 17.7 Å². The van der Waals surface area contributed by atoms with Crippen molar-refractivity contribution in [1.29, 1.82) is 0 Å². The third-order valence-corrected chi connectivity index (χ3v) is 9.78. The van der Waals surface area contributed by atoms with Gasteiger partial charge in [0.15, 0.2) is 0 Å². The summed E-state index contributed by atoms with van der Waals surface area (Å²) >= 11 is 7.95. The van der Waals surface area contributed by atoms with Crippen LogP contribution in [0.2, 0.25) is 5.02 Å². The first-order valence-electron chi connectivity index (χ1n) is 12.9. The first-order valence-corrected chi connectivity index (χ1v) is 15.7. The quantitative estimate of drug-likeness (QED) is 0.360. The number of benzene rings is 2. The van der Waals surface area contributed by atoms with E-state index in [0.29, 0.717) is 51.3 Å². The molecule has 0 bridgehead atoms. The molecule has 3 atom stereocenters. The van der Waals surface area contributed by atoms with Gasteiger partial charge in [-0.25, -0.2) is 17.7 Å². The maximum absolute atomic E-state index is 14.5. The fourth-order valence-corrected chi connectivity index (χ4v) is 7.45. The number of nitrogens with one attached hydrogen (secondary N) is 1. The van der Waals surface area contributed by atoms with Gasteiger partial charge in [-0.3, -0.25) is 0 Å². The second-order valence-corrected chi connectivity index (χ2v) is 12.5. The highest BCUT2D eigenvalue weighted by Crippen LogP contribution is 2.41. The number of nitrogens with zero attached hydrogens (tertiary/aromatic N) is 1. The first kappa shape index (κ1) is 27.6. The van der Waals surface area contributed by atoms with Crippen LogP contribution in [-0.4, -0.2) is 28.2 Å². The lowest BCUT2D eigenvalue weighted by molar-refractivity contribution is 0.265. The van der Waals surface area contributed by atoms with Crippen LogP contribution in [0.25, 0.3) is 11.1 Å². The zero-order valence-electron chi connectivity index (χ0n) is 21.1. The van der Waals surface area contributed by atoms with E-state index in [1.165, 1.54) is 24.6 Å². The number of thioether (sulfide) groups is 1. The molecule has 2 aromatic rings. The number of allylic oxidation sites excluding steroid dienone is 5. The number of rotatable bonds is 5. The maximum atomic E-state index is 14.5. The van der Waals surface area contributed by atoms with Gasteiger partial charge in [0.05, 0.1) is 15.6 Å². The van der Waals surface area contributed by atoms with E-state index in [4.69, 9.17) is 11.6 Å². The van der Waals surface area contributed by atoms with E-state index in [0.717, 1.165) is 37.4 Å². The van der Waals surface area contributed by atoms with Crippen molar-refractivity contribution in [3.05, 3.63) is 82.6 Å². The maximum Gasteiger partial charge on any atom is 0.129 e. The van der Waals surface area contributed by atoms with Gasteiger partial charge < -0.3 is 10.0 Å². The molecule has 0 aromatic heterocycles. The molecule has 0 amide bonds. The summed E-state index contributed by atoms with van der Waals surface area (Å²) in [6.07, 6.45) is 14.7. The lowest BCUT2D eigenvalue weighted by Gasteiger charge is -2.34. The molecule has 0 radical (unpaired) electrons. The largest absolute Gasteiger partial charge is 0.378 e. The van der Waals surface area contributed by atoms with Crippen LogP contribution in [0.15, 0.2) is 71.1 Å². The molecule has 0 saturated heterocycles. The Kier molecular flexibility index (Phi) is 8.75. The number of hydrogen-bond acceptors (Lipinski definition) is 4. The molecule has 2 aliphatic carbocycles. The number of anilines is 1. The Morgan fingerprint density at radius 3 is 2.74 bits per heavy atom. The Labute approximate surface area is 234 Å². The molecule has 5 rings (SSSR count). The molecular weight excluding hydrogens is 546 g/mol. The molecule has 2 N–H and O–H groups in total. The molecule has 1 heterocycles. The molecule has 1 fully saturated rings. The van der Waals surface area contributed by atoms with Crippen molar-refractivity contribution in [3.8, 4) is 11.1 Å². The SMILES string of the molecule is CSC(O)c1cc(-c2cc3c(cc2Cl)N(C2=CC(F)=CCC=C2)CC(C2CCCCC2)NS3=O)ccc1F. The van der Waals surface area contributed by atoms with Gasteiger partial charge >= 0.3 is 0 Å². The van der Waals surface area contributed by atoms with Crippen molar-refractivity contribution < 1.29 is 18.1 Å². The summed E-state index contributed by atoms with van der Waals surface area (Å²) < 4.78 is 46.1. The lowest BCUT2D eigenvalue weighted by Crippen LogP contribution is -2.44. The number of hydrogen-bond donors (Lipinski definition) is 2. The zero-order chi connectivity index (χ0) is 26.8. The van der Waals surface area contributed by atoms with E-state index in [9.17, 15) is 18.1 Å². The van der Waals surface area contributed by atoms with Gasteiger partial charge in [0.1, 0.15) is 28.1 Å². The van der Waals surface area contributed by atoms with Gasteiger partial charge in [-0.15, -0.1) is 11.8 Å². The third-order valence-electron chi connectivity index (χ3n) is 7.53. The molecule has 2 aromatic carbocycles. The van der Waals surface area contributed by atoms with Gasteiger partial charge in [0.2, 0.25) is 0 Å². The van der Waals surface area contributed by atoms with E-state index < -0.39 is 22.2 Å². The molecule has 1 saturated carbocycles. The van der Waals surface area contributed by atoms with E-state index in [1.54, 1.807) is 30.5 Å². The number of fused-ring (bicyclic) bond motifs is 1. The number of aliphatic hydroxyl groups is 1. The van der Waals surface area contributed by atoms with Gasteiger partial charge in [0, 0.05) is 29.4 Å². The average molecular weight is 577 g/mol. The Bertz CT molecular complexity index is 1320. The van der Waals surface area contributed by atoms with Crippen LogP contribution in [0.1, 0.15) is 49.5 Å². The van der Waals surface area contributed by atoms with Gasteiger partial charge in [-0.2, -0.15) is 0 Å². The van der Waals surface area contributed by atoms with Crippen molar-refractivity contribution in [3.63, 3.8) is 0 Å². The van der Waals surface area contributed by atoms with Crippen molar-refractivity contribution in [1.82, 2.24) is 4.72 Å². The second kappa shape index (κ2) is 12.0. The van der Waals surface area contributed by atoms with Gasteiger partial charge in [-0.05, 0) is 79.5 Å². The summed E-state index contributed by atoms with van der Waals surface area (Å²) in [5, 5.41) is 10.7. The van der Waals surface area contributed by atoms with Crippen LogP contribution in [0, 0.1) is 11.7 Å². The zero-order valence-corrected chi connectivity index (χ0v) is 23.5. The van der Waals surface area contributed by atoms with Crippen LogP contribution in [0.4, 0.5) is 14.5 Å². The van der Waals surface area contributed by atoms with Crippen molar-refractivity contribution >= 4 is 40.0 Å². The molecule has 202 valence electrons. The monoisotopic (exact) mass is 576 g/mol. The summed E-state index contributed by atoms with van der Waals surface area (Å²) in [6.45, 7) is 0.531. The minimum absolute atomic E-state index is 0.0514. The summed E-state index contributed by atoms with van der Waals surface area (Å²) in [6, 6.07) is 7.98. The topological polar surface area (TPSA) is 52.6 Å². The highest BCUT2D eigenvalue weighted by molar-refractivity contribution is 7.98. The van der Waals surface area contributed by atoms with Crippen LogP contribution in [0.3, 0.4) is 0 Å². The Hall–Kier alpha value is -1.97. The highest BCUT2D eigenvalue weighted by Gasteiger charge is 2.34. The number of aliphatic hydroxyl groups excluding tert-OH is 1. The minimum atomic E-state index is -1.55. The molecule has 3 aliphatic rings. The van der Waals surface area contributed by atoms with Crippen LogP contribution in [-0.2, 0) is 11.0 Å². The van der Waals surface area contributed by atoms with Crippen LogP contribution < -0.4 is 9.62 Å². The summed E-state index contributed by atoms with van der Waals surface area (Å²) in [4.78, 5) is 2.55. The molecule has 1 aliphatic heterocycles. The van der Waals surface area contributed by atoms with E-state index >= 15 is 0 Å². The second-order valence-electron chi connectivity index (χ2n) is 9.92. The highest BCUT2D eigenvalue weighted by atomic mass is 35.5. The molecule has 38 heavy (non-hydrogen) atoms. The minimum Gasteiger partial charge on any atom is -0.378 e. The van der Waals surface area contributed by atoms with Crippen LogP contribution >= 0.6 is 23.4 Å². The molecule has 0 spiro atoms. The van der Waals surface area contributed by atoms with Crippen molar-refractivity contribution in [2.24, 2.45) is 5.92 Å². The molecule has 9 heteroatoms. The molecule has 3 unspecified atom stereocenters. The lowest BCUT2D eigenvalue weighted by atomic mass is 9.84. The smallest absolute Gasteiger partial charge is 0.129 e. The van der Waals surface area contributed by atoms with E-state index in [2.05, 4.69) is 4.72 Å². The van der Waals surface area contributed by atoms with E-state index in [-0.39, 0.29) is 17.4 Å². The van der Waals surface area contributed by atoms with Gasteiger partial charge in [0.25, 0.3) is 0 Å². The predicted molar refractivity (Wildman–Crippen MR) is 154 cm³/mol. The molecule has 4 nitrogen and oxygen atoms in total.